The zero-order chi connectivity index (χ0) is 21.6. The quantitative estimate of drug-likeness (QED) is 0.558. The van der Waals surface area contributed by atoms with Crippen molar-refractivity contribution >= 4 is 40.5 Å². The maximum absolute atomic E-state index is 12.7. The second-order valence-corrected chi connectivity index (χ2v) is 8.16. The molecule has 0 saturated carbocycles. The van der Waals surface area contributed by atoms with Crippen molar-refractivity contribution in [1.29, 1.82) is 0 Å². The van der Waals surface area contributed by atoms with Crippen molar-refractivity contribution in [2.24, 2.45) is 0 Å². The minimum atomic E-state index is -0.379. The molecule has 1 aromatic carbocycles. The Hall–Kier alpha value is -2.67. The summed E-state index contributed by atoms with van der Waals surface area (Å²) in [4.78, 5) is 25.6. The number of nitrogens with one attached hydrogen (secondary N) is 1. The van der Waals surface area contributed by atoms with Crippen molar-refractivity contribution in [3.05, 3.63) is 82.4 Å². The molecule has 1 aliphatic heterocycles. The number of pyridine rings is 2. The molecule has 1 fully saturated rings. The molecular formula is C23H23Cl2N5O. The van der Waals surface area contributed by atoms with Crippen molar-refractivity contribution in [2.45, 2.75) is 6.42 Å². The van der Waals surface area contributed by atoms with Crippen molar-refractivity contribution in [1.82, 2.24) is 14.9 Å². The van der Waals surface area contributed by atoms with Gasteiger partial charge in [0.05, 0.1) is 16.4 Å². The van der Waals surface area contributed by atoms with Crippen LogP contribution in [0, 0.1) is 0 Å². The Balaban J connectivity index is 1.39. The highest BCUT2D eigenvalue weighted by molar-refractivity contribution is 6.35. The third kappa shape index (κ3) is 5.53. The highest BCUT2D eigenvalue weighted by atomic mass is 35.5. The van der Waals surface area contributed by atoms with Crippen LogP contribution < -0.4 is 10.2 Å². The monoisotopic (exact) mass is 455 g/mol. The van der Waals surface area contributed by atoms with Gasteiger partial charge in [0.15, 0.2) is 0 Å². The molecule has 0 radical (unpaired) electrons. The number of benzene rings is 1. The van der Waals surface area contributed by atoms with Crippen LogP contribution in [0.25, 0.3) is 0 Å². The number of carbonyl (C=O) groups is 1. The number of anilines is 2. The smallest absolute Gasteiger partial charge is 0.275 e. The van der Waals surface area contributed by atoms with Crippen LogP contribution in [0.15, 0.2) is 60.9 Å². The first-order valence-electron chi connectivity index (χ1n) is 10.2. The van der Waals surface area contributed by atoms with E-state index in [1.165, 1.54) is 5.56 Å². The molecule has 1 aliphatic rings. The number of hydrogen-bond acceptors (Lipinski definition) is 5. The SMILES string of the molecule is O=C(Nc1ccccc1N1CCN(CCc2ccncc2)CC1)c1nc(Cl)ccc1Cl. The third-order valence-corrected chi connectivity index (χ3v) is 5.87. The molecule has 2 aromatic heterocycles. The first kappa shape index (κ1) is 21.6. The number of nitrogens with zero attached hydrogens (tertiary/aromatic N) is 4. The number of carbonyl (C=O) groups excluding carboxylic acids is 1. The van der Waals surface area contributed by atoms with E-state index in [2.05, 4.69) is 37.2 Å². The van der Waals surface area contributed by atoms with Gasteiger partial charge >= 0.3 is 0 Å². The van der Waals surface area contributed by atoms with Gasteiger partial charge in [0.1, 0.15) is 10.8 Å². The van der Waals surface area contributed by atoms with Crippen LogP contribution >= 0.6 is 23.2 Å². The lowest BCUT2D eigenvalue weighted by Gasteiger charge is -2.37. The zero-order valence-corrected chi connectivity index (χ0v) is 18.5. The van der Waals surface area contributed by atoms with Gasteiger partial charge in [-0.05, 0) is 48.4 Å². The lowest BCUT2D eigenvalue weighted by molar-refractivity contribution is 0.102. The molecule has 1 saturated heterocycles. The summed E-state index contributed by atoms with van der Waals surface area (Å²) >= 11 is 12.1. The Bertz CT molecular complexity index is 1040. The van der Waals surface area contributed by atoms with E-state index in [1.807, 2.05) is 36.7 Å². The van der Waals surface area contributed by atoms with E-state index in [-0.39, 0.29) is 21.8 Å². The molecule has 31 heavy (non-hydrogen) atoms. The largest absolute Gasteiger partial charge is 0.367 e. The van der Waals surface area contributed by atoms with Crippen LogP contribution in [0.4, 0.5) is 11.4 Å². The van der Waals surface area contributed by atoms with Gasteiger partial charge in [0.25, 0.3) is 5.91 Å². The fraction of sp³-hybridized carbons (Fsp3) is 0.261. The van der Waals surface area contributed by atoms with Crippen LogP contribution in [0.1, 0.15) is 16.1 Å². The highest BCUT2D eigenvalue weighted by Gasteiger charge is 2.21. The van der Waals surface area contributed by atoms with Gasteiger partial charge in [-0.15, -0.1) is 0 Å². The van der Waals surface area contributed by atoms with E-state index in [1.54, 1.807) is 12.1 Å². The molecule has 1 N–H and O–H groups in total. The maximum atomic E-state index is 12.7. The van der Waals surface area contributed by atoms with Crippen LogP contribution in [0.3, 0.4) is 0 Å². The average molecular weight is 456 g/mol. The Morgan fingerprint density at radius 1 is 0.968 bits per heavy atom. The fourth-order valence-electron chi connectivity index (χ4n) is 3.66. The molecule has 0 bridgehead atoms. The Labute approximate surface area is 191 Å². The third-order valence-electron chi connectivity index (χ3n) is 5.36. The van der Waals surface area contributed by atoms with E-state index in [0.29, 0.717) is 0 Å². The molecular weight excluding hydrogens is 433 g/mol. The summed E-state index contributed by atoms with van der Waals surface area (Å²) in [7, 11) is 0. The number of halogens is 2. The van der Waals surface area contributed by atoms with Crippen molar-refractivity contribution in [2.75, 3.05) is 42.9 Å². The normalized spacial score (nSPS) is 14.5. The Morgan fingerprint density at radius 2 is 1.71 bits per heavy atom. The average Bonchev–Trinajstić information content (AvgIpc) is 2.81. The predicted molar refractivity (Wildman–Crippen MR) is 125 cm³/mol. The molecule has 1 amide bonds. The summed E-state index contributed by atoms with van der Waals surface area (Å²) in [6, 6.07) is 15.1. The fourth-order valence-corrected chi connectivity index (χ4v) is 4.00. The lowest BCUT2D eigenvalue weighted by Crippen LogP contribution is -2.47. The van der Waals surface area contributed by atoms with Crippen molar-refractivity contribution in [3.8, 4) is 0 Å². The number of amides is 1. The zero-order valence-electron chi connectivity index (χ0n) is 17.0. The number of piperazine rings is 1. The van der Waals surface area contributed by atoms with Gasteiger partial charge in [0, 0.05) is 45.1 Å². The van der Waals surface area contributed by atoms with Gasteiger partial charge in [0.2, 0.25) is 0 Å². The van der Waals surface area contributed by atoms with E-state index in [4.69, 9.17) is 23.2 Å². The second kappa shape index (κ2) is 10.1. The topological polar surface area (TPSA) is 61.4 Å². The van der Waals surface area contributed by atoms with Gasteiger partial charge in [-0.1, -0.05) is 35.3 Å². The lowest BCUT2D eigenvalue weighted by atomic mass is 10.1. The summed E-state index contributed by atoms with van der Waals surface area (Å²) in [6.07, 6.45) is 4.69. The summed E-state index contributed by atoms with van der Waals surface area (Å²) in [5, 5.41) is 3.44. The van der Waals surface area contributed by atoms with Crippen molar-refractivity contribution in [3.63, 3.8) is 0 Å². The van der Waals surface area contributed by atoms with Crippen LogP contribution in [-0.2, 0) is 6.42 Å². The van der Waals surface area contributed by atoms with E-state index >= 15 is 0 Å². The first-order chi connectivity index (χ1) is 15.1. The minimum absolute atomic E-state index is 0.116. The standard InChI is InChI=1S/C23H23Cl2N5O/c24-18-5-6-21(25)28-22(18)23(31)27-19-3-1-2-4-20(19)30-15-13-29(14-16-30)12-9-17-7-10-26-11-8-17/h1-8,10-11H,9,12-16H2,(H,27,31). The van der Waals surface area contributed by atoms with E-state index in [0.717, 1.165) is 50.5 Å². The van der Waals surface area contributed by atoms with E-state index < -0.39 is 0 Å². The predicted octanol–water partition coefficient (Wildman–Crippen LogP) is 4.40. The molecule has 0 spiro atoms. The number of rotatable bonds is 6. The molecule has 0 atom stereocenters. The minimum Gasteiger partial charge on any atom is -0.367 e. The highest BCUT2D eigenvalue weighted by Crippen LogP contribution is 2.28. The van der Waals surface area contributed by atoms with Gasteiger partial charge in [-0.25, -0.2) is 4.98 Å². The van der Waals surface area contributed by atoms with Crippen molar-refractivity contribution < 1.29 is 4.79 Å². The summed E-state index contributed by atoms with van der Waals surface area (Å²) in [5.74, 6) is -0.379. The Kier molecular flexibility index (Phi) is 7.02. The molecule has 6 nitrogen and oxygen atoms in total. The van der Waals surface area contributed by atoms with Gasteiger partial charge in [-0.2, -0.15) is 0 Å². The molecule has 3 heterocycles. The molecule has 8 heteroatoms. The number of para-hydroxylation sites is 2. The summed E-state index contributed by atoms with van der Waals surface area (Å²) in [6.45, 7) is 4.73. The van der Waals surface area contributed by atoms with Crippen LogP contribution in [0.5, 0.6) is 0 Å². The van der Waals surface area contributed by atoms with Gasteiger partial charge < -0.3 is 10.2 Å². The summed E-state index contributed by atoms with van der Waals surface area (Å²) < 4.78 is 0. The second-order valence-electron chi connectivity index (χ2n) is 7.37. The maximum Gasteiger partial charge on any atom is 0.275 e. The summed E-state index contributed by atoms with van der Waals surface area (Å²) in [5.41, 5.74) is 3.14. The molecule has 0 unspecified atom stereocenters. The van der Waals surface area contributed by atoms with Crippen LogP contribution in [0.2, 0.25) is 10.2 Å². The first-order valence-corrected chi connectivity index (χ1v) is 10.9. The Morgan fingerprint density at radius 3 is 2.48 bits per heavy atom. The molecule has 4 rings (SSSR count). The van der Waals surface area contributed by atoms with Gasteiger partial charge in [-0.3, -0.25) is 14.7 Å². The molecule has 160 valence electrons. The van der Waals surface area contributed by atoms with E-state index in [9.17, 15) is 4.79 Å². The molecule has 3 aromatic rings. The number of hydrogen-bond donors (Lipinski definition) is 1. The van der Waals surface area contributed by atoms with Crippen LogP contribution in [-0.4, -0.2) is 53.5 Å². The molecule has 0 aliphatic carbocycles. The number of aromatic nitrogens is 2.